The second-order valence-electron chi connectivity index (χ2n) is 4.36. The Balaban J connectivity index is 2.05. The van der Waals surface area contributed by atoms with Crippen molar-refractivity contribution >= 4 is 0 Å². The number of aromatic amines is 1. The fourth-order valence-corrected chi connectivity index (χ4v) is 2.24. The van der Waals surface area contributed by atoms with Crippen LogP contribution in [0.3, 0.4) is 0 Å². The number of likely N-dealkylation sites (N-methyl/N-ethyl adjacent to an activating group) is 1. The number of nitrogens with two attached hydrogens (primary N) is 1. The Morgan fingerprint density at radius 2 is 2.20 bits per heavy atom. The number of aromatic nitrogens is 2. The van der Waals surface area contributed by atoms with E-state index < -0.39 is 0 Å². The van der Waals surface area contributed by atoms with E-state index in [1.54, 1.807) is 0 Å². The lowest BCUT2D eigenvalue weighted by molar-refractivity contribution is 0.330. The zero-order valence-electron chi connectivity index (χ0n) is 9.42. The van der Waals surface area contributed by atoms with E-state index in [4.69, 9.17) is 5.73 Å². The van der Waals surface area contributed by atoms with Crippen LogP contribution in [0.4, 0.5) is 0 Å². The summed E-state index contributed by atoms with van der Waals surface area (Å²) in [6.45, 7) is 2.56. The Labute approximate surface area is 90.8 Å². The lowest BCUT2D eigenvalue weighted by Crippen LogP contribution is -2.25. The predicted octanol–water partition coefficient (Wildman–Crippen LogP) is 0.679. The van der Waals surface area contributed by atoms with E-state index in [1.165, 1.54) is 42.6 Å². The van der Waals surface area contributed by atoms with Crippen LogP contribution in [0.1, 0.15) is 29.8 Å². The van der Waals surface area contributed by atoms with E-state index in [1.807, 2.05) is 0 Å². The van der Waals surface area contributed by atoms with Crippen molar-refractivity contribution in [2.24, 2.45) is 5.73 Å². The second-order valence-corrected chi connectivity index (χ2v) is 4.36. The second kappa shape index (κ2) is 4.77. The van der Waals surface area contributed by atoms with Gasteiger partial charge in [0.05, 0.1) is 5.69 Å². The summed E-state index contributed by atoms with van der Waals surface area (Å²) >= 11 is 0. The van der Waals surface area contributed by atoms with Gasteiger partial charge in [0.1, 0.15) is 0 Å². The molecule has 0 atom stereocenters. The summed E-state index contributed by atoms with van der Waals surface area (Å²) in [7, 11) is 2.09. The molecule has 0 saturated carbocycles. The lowest BCUT2D eigenvalue weighted by atomic mass is 9.96. The minimum atomic E-state index is 0.711. The standard InChI is InChI=1S/C11H20N4/c1-15(7-6-12)8-11-9-4-2-3-5-10(9)13-14-11/h2-8,12H2,1H3,(H,13,14). The predicted molar refractivity (Wildman–Crippen MR) is 60.6 cm³/mol. The maximum Gasteiger partial charge on any atom is 0.0796 e. The lowest BCUT2D eigenvalue weighted by Gasteiger charge is -2.16. The number of H-pyrrole nitrogens is 1. The van der Waals surface area contributed by atoms with Crippen molar-refractivity contribution in [3.8, 4) is 0 Å². The number of aryl methyl sites for hydroxylation is 1. The molecule has 84 valence electrons. The molecule has 0 saturated heterocycles. The molecule has 0 spiro atoms. The van der Waals surface area contributed by atoms with Crippen LogP contribution in [0, 0.1) is 0 Å². The van der Waals surface area contributed by atoms with E-state index in [9.17, 15) is 0 Å². The van der Waals surface area contributed by atoms with Crippen LogP contribution in [0.15, 0.2) is 0 Å². The molecule has 4 heteroatoms. The highest BCUT2D eigenvalue weighted by Gasteiger charge is 2.17. The molecule has 0 fully saturated rings. The van der Waals surface area contributed by atoms with Gasteiger partial charge in [-0.1, -0.05) is 0 Å². The minimum Gasteiger partial charge on any atom is -0.329 e. The summed E-state index contributed by atoms with van der Waals surface area (Å²) < 4.78 is 0. The van der Waals surface area contributed by atoms with Gasteiger partial charge in [-0.3, -0.25) is 10.00 Å². The molecule has 0 aliphatic heterocycles. The van der Waals surface area contributed by atoms with E-state index in [-0.39, 0.29) is 0 Å². The zero-order chi connectivity index (χ0) is 10.7. The first kappa shape index (κ1) is 10.6. The molecule has 1 aliphatic carbocycles. The molecule has 0 aromatic carbocycles. The summed E-state index contributed by atoms with van der Waals surface area (Å²) in [4.78, 5) is 2.23. The van der Waals surface area contributed by atoms with Crippen molar-refractivity contribution in [3.63, 3.8) is 0 Å². The molecule has 15 heavy (non-hydrogen) atoms. The summed E-state index contributed by atoms with van der Waals surface area (Å²) in [5.41, 5.74) is 9.57. The van der Waals surface area contributed by atoms with Crippen molar-refractivity contribution in [3.05, 3.63) is 17.0 Å². The quantitative estimate of drug-likeness (QED) is 0.765. The topological polar surface area (TPSA) is 57.9 Å². The normalized spacial score (nSPS) is 15.7. The van der Waals surface area contributed by atoms with E-state index in [0.29, 0.717) is 6.54 Å². The summed E-state index contributed by atoms with van der Waals surface area (Å²) in [5, 5.41) is 7.58. The van der Waals surface area contributed by atoms with E-state index in [2.05, 4.69) is 22.1 Å². The first-order valence-corrected chi connectivity index (χ1v) is 5.75. The first-order valence-electron chi connectivity index (χ1n) is 5.75. The zero-order valence-corrected chi connectivity index (χ0v) is 9.42. The van der Waals surface area contributed by atoms with Crippen molar-refractivity contribution in [2.75, 3.05) is 20.1 Å². The molecule has 1 aromatic heterocycles. The Bertz CT molecular complexity index is 318. The molecule has 3 N–H and O–H groups in total. The van der Waals surface area contributed by atoms with Gasteiger partial charge < -0.3 is 5.73 Å². The molecule has 0 amide bonds. The van der Waals surface area contributed by atoms with E-state index in [0.717, 1.165) is 13.1 Å². The van der Waals surface area contributed by atoms with Gasteiger partial charge in [0, 0.05) is 25.3 Å². The highest BCUT2D eigenvalue weighted by atomic mass is 15.2. The maximum atomic E-state index is 5.53. The van der Waals surface area contributed by atoms with Crippen LogP contribution in [0.25, 0.3) is 0 Å². The fourth-order valence-electron chi connectivity index (χ4n) is 2.24. The van der Waals surface area contributed by atoms with Gasteiger partial charge in [-0.2, -0.15) is 5.10 Å². The smallest absolute Gasteiger partial charge is 0.0796 e. The Hall–Kier alpha value is -0.870. The highest BCUT2D eigenvalue weighted by molar-refractivity contribution is 5.27. The molecule has 4 nitrogen and oxygen atoms in total. The van der Waals surface area contributed by atoms with Gasteiger partial charge >= 0.3 is 0 Å². The Morgan fingerprint density at radius 3 is 3.00 bits per heavy atom. The molecule has 1 heterocycles. The molecular formula is C11H20N4. The Morgan fingerprint density at radius 1 is 1.40 bits per heavy atom. The number of fused-ring (bicyclic) bond motifs is 1. The number of rotatable bonds is 4. The molecule has 1 aromatic rings. The van der Waals surface area contributed by atoms with Crippen molar-refractivity contribution in [1.82, 2.24) is 15.1 Å². The minimum absolute atomic E-state index is 0.711. The monoisotopic (exact) mass is 208 g/mol. The molecule has 0 radical (unpaired) electrons. The van der Waals surface area contributed by atoms with Gasteiger partial charge in [0.2, 0.25) is 0 Å². The molecule has 0 unspecified atom stereocenters. The average Bonchev–Trinajstić information content (AvgIpc) is 2.62. The number of nitrogens with zero attached hydrogens (tertiary/aromatic N) is 2. The number of hydrogen-bond donors (Lipinski definition) is 2. The molecule has 0 bridgehead atoms. The Kier molecular flexibility index (Phi) is 3.38. The van der Waals surface area contributed by atoms with Crippen LogP contribution in [-0.2, 0) is 19.4 Å². The van der Waals surface area contributed by atoms with Crippen molar-refractivity contribution in [2.45, 2.75) is 32.2 Å². The molecular weight excluding hydrogens is 188 g/mol. The number of nitrogens with one attached hydrogen (secondary N) is 1. The van der Waals surface area contributed by atoms with Gasteiger partial charge in [-0.05, 0) is 38.3 Å². The maximum absolute atomic E-state index is 5.53. The van der Waals surface area contributed by atoms with Crippen LogP contribution in [0.5, 0.6) is 0 Å². The van der Waals surface area contributed by atoms with Crippen LogP contribution in [-0.4, -0.2) is 35.2 Å². The third-order valence-corrected chi connectivity index (χ3v) is 3.07. The fraction of sp³-hybridized carbons (Fsp3) is 0.727. The molecule has 2 rings (SSSR count). The van der Waals surface area contributed by atoms with Crippen molar-refractivity contribution in [1.29, 1.82) is 0 Å². The number of hydrogen-bond acceptors (Lipinski definition) is 3. The summed E-state index contributed by atoms with van der Waals surface area (Å²) in [5.74, 6) is 0. The van der Waals surface area contributed by atoms with Crippen LogP contribution < -0.4 is 5.73 Å². The largest absolute Gasteiger partial charge is 0.329 e. The SMILES string of the molecule is CN(CCN)Cc1n[nH]c2c1CCCC2. The van der Waals surface area contributed by atoms with Crippen LogP contribution in [0.2, 0.25) is 0 Å². The first-order chi connectivity index (χ1) is 7.31. The van der Waals surface area contributed by atoms with Gasteiger partial charge in [-0.15, -0.1) is 0 Å². The van der Waals surface area contributed by atoms with Crippen LogP contribution >= 0.6 is 0 Å². The highest BCUT2D eigenvalue weighted by Crippen LogP contribution is 2.22. The van der Waals surface area contributed by atoms with Gasteiger partial charge in [0.15, 0.2) is 0 Å². The van der Waals surface area contributed by atoms with E-state index >= 15 is 0 Å². The average molecular weight is 208 g/mol. The summed E-state index contributed by atoms with van der Waals surface area (Å²) in [6, 6.07) is 0. The summed E-state index contributed by atoms with van der Waals surface area (Å²) in [6.07, 6.45) is 4.97. The van der Waals surface area contributed by atoms with Gasteiger partial charge in [-0.25, -0.2) is 0 Å². The third-order valence-electron chi connectivity index (χ3n) is 3.07. The molecule has 1 aliphatic rings. The van der Waals surface area contributed by atoms with Gasteiger partial charge in [0.25, 0.3) is 0 Å². The third kappa shape index (κ3) is 2.38. The van der Waals surface area contributed by atoms with Crippen molar-refractivity contribution < 1.29 is 0 Å².